The average Bonchev–Trinajstić information content (AvgIpc) is 3.42. The van der Waals surface area contributed by atoms with Crippen molar-refractivity contribution in [2.45, 2.75) is 38.3 Å². The van der Waals surface area contributed by atoms with E-state index < -0.39 is 28.8 Å². The van der Waals surface area contributed by atoms with Crippen molar-refractivity contribution in [3.8, 4) is 23.2 Å². The van der Waals surface area contributed by atoms with Crippen LogP contribution in [0.15, 0.2) is 30.3 Å². The lowest BCUT2D eigenvalue weighted by atomic mass is 10.1. The SMILES string of the molecule is CC(C)(Oc1c(F)cc(F)cc1F)c1nnc(-c2ccc(C#N)cc2Cl)n1C1CC1. The zero-order chi connectivity index (χ0) is 21.6. The second-order valence-electron chi connectivity index (χ2n) is 7.57. The number of nitriles is 1. The predicted molar refractivity (Wildman–Crippen MR) is 103 cm³/mol. The number of aromatic nitrogens is 3. The van der Waals surface area contributed by atoms with Crippen LogP contribution in [0, 0.1) is 28.8 Å². The molecule has 0 unspecified atom stereocenters. The average molecular weight is 433 g/mol. The molecule has 1 fully saturated rings. The quantitative estimate of drug-likeness (QED) is 0.531. The fourth-order valence-corrected chi connectivity index (χ4v) is 3.52. The molecule has 154 valence electrons. The maximum Gasteiger partial charge on any atom is 0.192 e. The summed E-state index contributed by atoms with van der Waals surface area (Å²) in [6.45, 7) is 3.20. The van der Waals surface area contributed by atoms with Crippen molar-refractivity contribution in [2.75, 3.05) is 0 Å². The third kappa shape index (κ3) is 3.61. The van der Waals surface area contributed by atoms with Crippen LogP contribution in [0.1, 0.15) is 44.1 Å². The van der Waals surface area contributed by atoms with Crippen molar-refractivity contribution in [3.05, 3.63) is 64.2 Å². The molecule has 2 aromatic carbocycles. The Morgan fingerprint density at radius 3 is 2.37 bits per heavy atom. The minimum absolute atomic E-state index is 0.0856. The molecule has 0 aliphatic heterocycles. The van der Waals surface area contributed by atoms with Gasteiger partial charge in [-0.05, 0) is 44.9 Å². The van der Waals surface area contributed by atoms with Gasteiger partial charge >= 0.3 is 0 Å². The van der Waals surface area contributed by atoms with E-state index in [4.69, 9.17) is 21.6 Å². The van der Waals surface area contributed by atoms with Crippen molar-refractivity contribution >= 4 is 11.6 Å². The molecule has 1 aliphatic carbocycles. The minimum atomic E-state index is -1.29. The van der Waals surface area contributed by atoms with E-state index in [1.807, 2.05) is 10.6 Å². The third-order valence-electron chi connectivity index (χ3n) is 4.81. The number of halogens is 4. The zero-order valence-electron chi connectivity index (χ0n) is 16.1. The highest BCUT2D eigenvalue weighted by atomic mass is 35.5. The van der Waals surface area contributed by atoms with Crippen LogP contribution in [0.25, 0.3) is 11.4 Å². The normalized spacial score (nSPS) is 13.9. The molecule has 5 nitrogen and oxygen atoms in total. The molecule has 4 rings (SSSR count). The van der Waals surface area contributed by atoms with E-state index in [0.29, 0.717) is 39.9 Å². The Labute approximate surface area is 175 Å². The van der Waals surface area contributed by atoms with E-state index in [1.54, 1.807) is 26.0 Å². The van der Waals surface area contributed by atoms with Gasteiger partial charge in [-0.2, -0.15) is 5.26 Å². The third-order valence-corrected chi connectivity index (χ3v) is 5.12. The van der Waals surface area contributed by atoms with Gasteiger partial charge in [-0.3, -0.25) is 0 Å². The molecule has 1 aromatic heterocycles. The van der Waals surface area contributed by atoms with Gasteiger partial charge in [0.1, 0.15) is 5.82 Å². The number of benzene rings is 2. The van der Waals surface area contributed by atoms with Gasteiger partial charge in [-0.1, -0.05) is 11.6 Å². The summed E-state index contributed by atoms with van der Waals surface area (Å²) in [5.41, 5.74) is -0.296. The molecule has 9 heteroatoms. The number of rotatable bonds is 5. The van der Waals surface area contributed by atoms with E-state index in [1.165, 1.54) is 6.07 Å². The lowest BCUT2D eigenvalue weighted by molar-refractivity contribution is 0.0822. The summed E-state index contributed by atoms with van der Waals surface area (Å²) in [7, 11) is 0. The Balaban J connectivity index is 1.78. The van der Waals surface area contributed by atoms with Gasteiger partial charge in [0.2, 0.25) is 0 Å². The monoisotopic (exact) mass is 432 g/mol. The number of ether oxygens (including phenoxy) is 1. The minimum Gasteiger partial charge on any atom is -0.474 e. The first-order valence-corrected chi connectivity index (χ1v) is 9.58. The smallest absolute Gasteiger partial charge is 0.192 e. The molecule has 0 radical (unpaired) electrons. The van der Waals surface area contributed by atoms with E-state index >= 15 is 0 Å². The van der Waals surface area contributed by atoms with E-state index in [9.17, 15) is 13.2 Å². The van der Waals surface area contributed by atoms with Crippen LogP contribution in [0.3, 0.4) is 0 Å². The van der Waals surface area contributed by atoms with Crippen LogP contribution in [0.2, 0.25) is 5.02 Å². The molecule has 0 spiro atoms. The molecule has 1 aliphatic rings. The van der Waals surface area contributed by atoms with Gasteiger partial charge in [-0.15, -0.1) is 10.2 Å². The number of hydrogen-bond donors (Lipinski definition) is 0. The van der Waals surface area contributed by atoms with Crippen molar-refractivity contribution in [2.24, 2.45) is 0 Å². The van der Waals surface area contributed by atoms with Crippen molar-refractivity contribution in [1.82, 2.24) is 14.8 Å². The molecule has 1 heterocycles. The second kappa shape index (κ2) is 7.33. The Bertz CT molecular complexity index is 1160. The van der Waals surface area contributed by atoms with Crippen LogP contribution in [-0.2, 0) is 5.60 Å². The van der Waals surface area contributed by atoms with Crippen molar-refractivity contribution in [1.29, 1.82) is 5.26 Å². The summed E-state index contributed by atoms with van der Waals surface area (Å²) in [5, 5.41) is 17.9. The standard InChI is InChI=1S/C21H16ClF3N4O/c1-21(2,30-18-16(24)8-12(23)9-17(18)25)20-28-27-19(29(20)13-4-5-13)14-6-3-11(10-26)7-15(14)22/h3,6-9,13H,4-5H2,1-2H3. The fraction of sp³-hybridized carbons (Fsp3) is 0.286. The van der Waals surface area contributed by atoms with Crippen molar-refractivity contribution in [3.63, 3.8) is 0 Å². The lowest BCUT2D eigenvalue weighted by Crippen LogP contribution is -2.30. The Morgan fingerprint density at radius 2 is 1.80 bits per heavy atom. The lowest BCUT2D eigenvalue weighted by Gasteiger charge is -2.27. The van der Waals surface area contributed by atoms with Crippen LogP contribution >= 0.6 is 11.6 Å². The maximum absolute atomic E-state index is 14.1. The second-order valence-corrected chi connectivity index (χ2v) is 7.97. The predicted octanol–water partition coefficient (Wildman–Crippen LogP) is 5.54. The van der Waals surface area contributed by atoms with Gasteiger partial charge in [0.05, 0.1) is 16.7 Å². The van der Waals surface area contributed by atoms with Gasteiger partial charge in [-0.25, -0.2) is 13.2 Å². The largest absolute Gasteiger partial charge is 0.474 e. The highest BCUT2D eigenvalue weighted by Crippen LogP contribution is 2.43. The van der Waals surface area contributed by atoms with E-state index in [0.717, 1.165) is 12.8 Å². The fourth-order valence-electron chi connectivity index (χ4n) is 3.26. The van der Waals surface area contributed by atoms with E-state index in [-0.39, 0.29) is 6.04 Å². The first kappa shape index (κ1) is 20.2. The van der Waals surface area contributed by atoms with Gasteiger partial charge < -0.3 is 9.30 Å². The maximum atomic E-state index is 14.1. The molecular formula is C21H16ClF3N4O. The van der Waals surface area contributed by atoms with E-state index in [2.05, 4.69) is 10.2 Å². The summed E-state index contributed by atoms with van der Waals surface area (Å²) in [4.78, 5) is 0. The van der Waals surface area contributed by atoms with Crippen LogP contribution < -0.4 is 4.74 Å². The molecular weight excluding hydrogens is 417 g/mol. The Morgan fingerprint density at radius 1 is 1.13 bits per heavy atom. The molecule has 0 saturated heterocycles. The molecule has 1 saturated carbocycles. The van der Waals surface area contributed by atoms with Gasteiger partial charge in [0.15, 0.2) is 34.6 Å². The molecule has 3 aromatic rings. The highest BCUT2D eigenvalue weighted by Gasteiger charge is 2.38. The topological polar surface area (TPSA) is 63.7 Å². The van der Waals surface area contributed by atoms with Gasteiger partial charge in [0.25, 0.3) is 0 Å². The summed E-state index contributed by atoms with van der Waals surface area (Å²) < 4.78 is 49.0. The molecule has 0 amide bonds. The molecule has 0 bridgehead atoms. The van der Waals surface area contributed by atoms with Crippen molar-refractivity contribution < 1.29 is 17.9 Å². The summed E-state index contributed by atoms with van der Waals surface area (Å²) in [6.07, 6.45) is 1.75. The molecule has 30 heavy (non-hydrogen) atoms. The van der Waals surface area contributed by atoms with Gasteiger partial charge in [0, 0.05) is 23.7 Å². The first-order chi connectivity index (χ1) is 14.2. The zero-order valence-corrected chi connectivity index (χ0v) is 16.8. The van der Waals surface area contributed by atoms with Crippen LogP contribution in [0.4, 0.5) is 13.2 Å². The molecule has 0 N–H and O–H groups in total. The first-order valence-electron chi connectivity index (χ1n) is 9.20. The summed E-state index contributed by atoms with van der Waals surface area (Å²) in [6, 6.07) is 8.06. The Hall–Kier alpha value is -3.05. The summed E-state index contributed by atoms with van der Waals surface area (Å²) in [5.74, 6) is -3.19. The van der Waals surface area contributed by atoms with Crippen LogP contribution in [-0.4, -0.2) is 14.8 Å². The molecule has 0 atom stereocenters. The highest BCUT2D eigenvalue weighted by molar-refractivity contribution is 6.33. The van der Waals surface area contributed by atoms with Crippen LogP contribution in [0.5, 0.6) is 5.75 Å². The Kier molecular flexibility index (Phi) is 4.94. The number of hydrogen-bond acceptors (Lipinski definition) is 4. The number of nitrogens with zero attached hydrogens (tertiary/aromatic N) is 4. The summed E-state index contributed by atoms with van der Waals surface area (Å²) >= 11 is 6.35.